The molecule has 5 rings (SSSR count). The molecule has 0 amide bonds. The van der Waals surface area contributed by atoms with Gasteiger partial charge in [0.25, 0.3) is 0 Å². The van der Waals surface area contributed by atoms with Crippen LogP contribution in [0.2, 0.25) is 0 Å². The van der Waals surface area contributed by atoms with Gasteiger partial charge >= 0.3 is 0 Å². The van der Waals surface area contributed by atoms with Gasteiger partial charge in [-0.05, 0) is 53.8 Å². The molecule has 0 aromatic heterocycles. The first-order valence-corrected chi connectivity index (χ1v) is 10.8. The highest BCUT2D eigenvalue weighted by Gasteiger charge is 2.38. The normalized spacial score (nSPS) is 21.0. The second kappa shape index (κ2) is 8.76. The third kappa shape index (κ3) is 3.98. The highest BCUT2D eigenvalue weighted by atomic mass is 16.5. The maximum Gasteiger partial charge on any atom is 0.142 e. The molecule has 4 nitrogen and oxygen atoms in total. The Morgan fingerprint density at radius 2 is 1.65 bits per heavy atom. The Labute approximate surface area is 183 Å². The second-order valence-corrected chi connectivity index (χ2v) is 7.98. The molecule has 3 unspecified atom stereocenters. The summed E-state index contributed by atoms with van der Waals surface area (Å²) >= 11 is 0. The van der Waals surface area contributed by atoms with Crippen molar-refractivity contribution in [2.45, 2.75) is 18.4 Å². The molecule has 1 aliphatic heterocycles. The number of allylic oxidation sites excluding steroid dienone is 2. The Morgan fingerprint density at radius 3 is 2.45 bits per heavy atom. The zero-order chi connectivity index (χ0) is 21.0. The van der Waals surface area contributed by atoms with E-state index in [0.29, 0.717) is 25.0 Å². The van der Waals surface area contributed by atoms with E-state index in [9.17, 15) is 0 Å². The molecule has 0 radical (unpaired) electrons. The van der Waals surface area contributed by atoms with E-state index in [1.54, 1.807) is 7.11 Å². The molecule has 1 N–H and O–H groups in total. The molecule has 0 saturated heterocycles. The predicted molar refractivity (Wildman–Crippen MR) is 123 cm³/mol. The molecule has 3 aromatic rings. The summed E-state index contributed by atoms with van der Waals surface area (Å²) in [5.74, 6) is 3.51. The van der Waals surface area contributed by atoms with Crippen molar-refractivity contribution in [2.24, 2.45) is 5.92 Å². The third-order valence-corrected chi connectivity index (χ3v) is 6.19. The molecule has 0 saturated carbocycles. The van der Waals surface area contributed by atoms with E-state index in [4.69, 9.17) is 14.2 Å². The van der Waals surface area contributed by atoms with Gasteiger partial charge in [-0.3, -0.25) is 0 Å². The van der Waals surface area contributed by atoms with Gasteiger partial charge in [0, 0.05) is 5.92 Å². The fourth-order valence-electron chi connectivity index (χ4n) is 4.68. The van der Waals surface area contributed by atoms with Gasteiger partial charge in [0.1, 0.15) is 30.5 Å². The smallest absolute Gasteiger partial charge is 0.142 e. The summed E-state index contributed by atoms with van der Waals surface area (Å²) in [6.45, 7) is 0.992. The van der Waals surface area contributed by atoms with Gasteiger partial charge in [0.2, 0.25) is 0 Å². The van der Waals surface area contributed by atoms with Crippen LogP contribution < -0.4 is 19.5 Å². The van der Waals surface area contributed by atoms with E-state index in [1.807, 2.05) is 48.5 Å². The molecule has 0 bridgehead atoms. The third-order valence-electron chi connectivity index (χ3n) is 6.19. The molecule has 4 heteroatoms. The van der Waals surface area contributed by atoms with Crippen molar-refractivity contribution < 1.29 is 14.2 Å². The summed E-state index contributed by atoms with van der Waals surface area (Å²) in [4.78, 5) is 0. The van der Waals surface area contributed by atoms with Gasteiger partial charge < -0.3 is 19.5 Å². The lowest BCUT2D eigenvalue weighted by Gasteiger charge is -2.38. The monoisotopic (exact) mass is 413 g/mol. The summed E-state index contributed by atoms with van der Waals surface area (Å²) in [7, 11) is 1.70. The van der Waals surface area contributed by atoms with Crippen LogP contribution in [-0.2, 0) is 0 Å². The topological polar surface area (TPSA) is 39.7 Å². The lowest BCUT2D eigenvalue weighted by atomic mass is 9.77. The van der Waals surface area contributed by atoms with Crippen molar-refractivity contribution in [2.75, 3.05) is 25.6 Å². The molecule has 0 spiro atoms. The summed E-state index contributed by atoms with van der Waals surface area (Å²) in [5, 5.41) is 3.80. The highest BCUT2D eigenvalue weighted by Crippen LogP contribution is 2.52. The SMILES string of the molecule is COc1ccc(C2Nc3c(OCCOc4ccccc4)cccc3C3C=CCC32)cc1. The number of ether oxygens (including phenoxy) is 3. The van der Waals surface area contributed by atoms with Crippen molar-refractivity contribution in [1.82, 2.24) is 0 Å². The highest BCUT2D eigenvalue weighted by molar-refractivity contribution is 5.67. The summed E-state index contributed by atoms with van der Waals surface area (Å²) in [6.07, 6.45) is 5.73. The Hall–Kier alpha value is -3.40. The van der Waals surface area contributed by atoms with Crippen LogP contribution >= 0.6 is 0 Å². The fourth-order valence-corrected chi connectivity index (χ4v) is 4.68. The average Bonchev–Trinajstić information content (AvgIpc) is 3.32. The number of hydrogen-bond acceptors (Lipinski definition) is 4. The number of nitrogens with one attached hydrogen (secondary N) is 1. The van der Waals surface area contributed by atoms with Crippen molar-refractivity contribution >= 4 is 5.69 Å². The lowest BCUT2D eigenvalue weighted by Crippen LogP contribution is -2.29. The van der Waals surface area contributed by atoms with E-state index >= 15 is 0 Å². The zero-order valence-corrected chi connectivity index (χ0v) is 17.7. The van der Waals surface area contributed by atoms with Crippen LogP contribution in [0.1, 0.15) is 29.5 Å². The molecular formula is C27H27NO3. The van der Waals surface area contributed by atoms with Crippen LogP contribution in [0.15, 0.2) is 84.9 Å². The number of methoxy groups -OCH3 is 1. The first-order valence-electron chi connectivity index (χ1n) is 10.8. The van der Waals surface area contributed by atoms with Crippen LogP contribution in [0.4, 0.5) is 5.69 Å². The average molecular weight is 414 g/mol. The minimum Gasteiger partial charge on any atom is -0.497 e. The second-order valence-electron chi connectivity index (χ2n) is 7.98. The van der Waals surface area contributed by atoms with Gasteiger partial charge in [-0.2, -0.15) is 0 Å². The van der Waals surface area contributed by atoms with Crippen LogP contribution in [0.25, 0.3) is 0 Å². The largest absolute Gasteiger partial charge is 0.497 e. The molecule has 2 aliphatic rings. The Bertz CT molecular complexity index is 1050. The zero-order valence-electron chi connectivity index (χ0n) is 17.7. The van der Waals surface area contributed by atoms with Gasteiger partial charge in [-0.25, -0.2) is 0 Å². The van der Waals surface area contributed by atoms with Gasteiger partial charge in [-0.1, -0.05) is 54.6 Å². The first kappa shape index (κ1) is 19.6. The van der Waals surface area contributed by atoms with Gasteiger partial charge in [0.05, 0.1) is 18.8 Å². The van der Waals surface area contributed by atoms with E-state index in [2.05, 4.69) is 41.7 Å². The van der Waals surface area contributed by atoms with Crippen LogP contribution in [0.5, 0.6) is 17.2 Å². The number of benzene rings is 3. The van der Waals surface area contributed by atoms with E-state index in [-0.39, 0.29) is 6.04 Å². The van der Waals surface area contributed by atoms with E-state index < -0.39 is 0 Å². The van der Waals surface area contributed by atoms with Crippen molar-refractivity contribution in [3.8, 4) is 17.2 Å². The molecule has 158 valence electrons. The molecule has 3 atom stereocenters. The molecule has 1 aliphatic carbocycles. The maximum absolute atomic E-state index is 6.16. The fraction of sp³-hybridized carbons (Fsp3) is 0.259. The van der Waals surface area contributed by atoms with E-state index in [0.717, 1.165) is 29.4 Å². The summed E-state index contributed by atoms with van der Waals surface area (Å²) in [6, 6.07) is 24.8. The minimum absolute atomic E-state index is 0.226. The number of fused-ring (bicyclic) bond motifs is 3. The van der Waals surface area contributed by atoms with Crippen molar-refractivity contribution in [3.05, 3.63) is 96.1 Å². The van der Waals surface area contributed by atoms with Crippen LogP contribution in [0, 0.1) is 5.92 Å². The molecule has 1 heterocycles. The Morgan fingerprint density at radius 1 is 0.839 bits per heavy atom. The van der Waals surface area contributed by atoms with Crippen LogP contribution in [-0.4, -0.2) is 20.3 Å². The minimum atomic E-state index is 0.226. The number of rotatable bonds is 7. The maximum atomic E-state index is 6.16. The first-order chi connectivity index (χ1) is 15.3. The number of anilines is 1. The standard InChI is InChI=1S/C27H27NO3/c1-29-20-15-13-19(14-16-20)26-23-10-5-9-22(23)24-11-6-12-25(27(24)28-26)31-18-17-30-21-7-3-2-4-8-21/h2-9,11-16,22-23,26,28H,10,17-18H2,1H3. The van der Waals surface area contributed by atoms with Crippen molar-refractivity contribution in [1.29, 1.82) is 0 Å². The quantitative estimate of drug-likeness (QED) is 0.382. The molecule has 0 fully saturated rings. The summed E-state index contributed by atoms with van der Waals surface area (Å²) in [5.41, 5.74) is 3.67. The molecular weight excluding hydrogens is 386 g/mol. The molecule has 3 aromatic carbocycles. The molecule has 31 heavy (non-hydrogen) atoms. The van der Waals surface area contributed by atoms with Crippen LogP contribution in [0.3, 0.4) is 0 Å². The number of para-hydroxylation sites is 2. The Balaban J connectivity index is 1.35. The van der Waals surface area contributed by atoms with Crippen molar-refractivity contribution in [3.63, 3.8) is 0 Å². The summed E-state index contributed by atoms with van der Waals surface area (Å²) < 4.78 is 17.3. The number of hydrogen-bond donors (Lipinski definition) is 1. The van der Waals surface area contributed by atoms with E-state index in [1.165, 1.54) is 11.1 Å². The van der Waals surface area contributed by atoms with Gasteiger partial charge in [0.15, 0.2) is 0 Å². The lowest BCUT2D eigenvalue weighted by molar-refractivity contribution is 0.217. The predicted octanol–water partition coefficient (Wildman–Crippen LogP) is 5.98. The Kier molecular flexibility index (Phi) is 5.53. The van der Waals surface area contributed by atoms with Gasteiger partial charge in [-0.15, -0.1) is 0 Å².